The third-order valence-corrected chi connectivity index (χ3v) is 4.88. The fourth-order valence-corrected chi connectivity index (χ4v) is 3.09. The number of aryl methyl sites for hydroxylation is 2. The molecule has 3 aromatic rings. The molecule has 0 aliphatic carbocycles. The van der Waals surface area contributed by atoms with Gasteiger partial charge < -0.3 is 15.0 Å². The van der Waals surface area contributed by atoms with Crippen molar-refractivity contribution in [2.24, 2.45) is 11.7 Å². The van der Waals surface area contributed by atoms with Gasteiger partial charge in [-0.1, -0.05) is 67.0 Å². The Morgan fingerprint density at radius 3 is 2.43 bits per heavy atom. The lowest BCUT2D eigenvalue weighted by atomic mass is 9.84. The van der Waals surface area contributed by atoms with E-state index in [2.05, 4.69) is 10.1 Å². The minimum Gasteiger partial charge on any atom is -0.477 e. The van der Waals surface area contributed by atoms with Crippen molar-refractivity contribution < 1.29 is 14.1 Å². The largest absolute Gasteiger partial charge is 0.477 e. The Labute approximate surface area is 164 Å². The van der Waals surface area contributed by atoms with Crippen LogP contribution in [0.2, 0.25) is 0 Å². The Bertz CT molecular complexity index is 920. The Balaban J connectivity index is 1.79. The summed E-state index contributed by atoms with van der Waals surface area (Å²) in [6.45, 7) is 5.83. The van der Waals surface area contributed by atoms with Gasteiger partial charge in [0.25, 0.3) is 5.91 Å². The van der Waals surface area contributed by atoms with E-state index in [1.165, 1.54) is 0 Å². The van der Waals surface area contributed by atoms with Crippen molar-refractivity contribution in [3.8, 4) is 17.1 Å². The maximum Gasteiger partial charge on any atom is 0.261 e. The number of benzene rings is 2. The van der Waals surface area contributed by atoms with Crippen LogP contribution in [0.25, 0.3) is 11.4 Å². The average molecular weight is 379 g/mol. The highest BCUT2D eigenvalue weighted by Crippen LogP contribution is 2.30. The average Bonchev–Trinajstić information content (AvgIpc) is 3.16. The number of carbonyl (C=O) groups excluding carboxylic acids is 1. The highest BCUT2D eigenvalue weighted by molar-refractivity contribution is 5.84. The molecule has 0 aliphatic rings. The number of nitrogens with zero attached hydrogens (tertiary/aromatic N) is 2. The van der Waals surface area contributed by atoms with E-state index in [0.29, 0.717) is 30.3 Å². The fraction of sp³-hybridized carbons (Fsp3) is 0.318. The predicted octanol–water partition coefficient (Wildman–Crippen LogP) is 3.94. The van der Waals surface area contributed by atoms with Crippen LogP contribution in [-0.2, 0) is 11.2 Å². The van der Waals surface area contributed by atoms with Crippen molar-refractivity contribution in [2.75, 3.05) is 0 Å². The summed E-state index contributed by atoms with van der Waals surface area (Å²) in [7, 11) is 0. The molecule has 2 N–H and O–H groups in total. The van der Waals surface area contributed by atoms with Crippen molar-refractivity contribution in [1.82, 2.24) is 10.1 Å². The van der Waals surface area contributed by atoms with Crippen LogP contribution in [0, 0.1) is 12.8 Å². The third kappa shape index (κ3) is 4.22. The van der Waals surface area contributed by atoms with Crippen LogP contribution in [0.1, 0.15) is 31.7 Å². The molecule has 0 fully saturated rings. The topological polar surface area (TPSA) is 91.2 Å². The molecule has 28 heavy (non-hydrogen) atoms. The fourth-order valence-electron chi connectivity index (χ4n) is 3.09. The van der Waals surface area contributed by atoms with Gasteiger partial charge in [0, 0.05) is 24.3 Å². The van der Waals surface area contributed by atoms with Crippen LogP contribution in [0.4, 0.5) is 0 Å². The second-order valence-electron chi connectivity index (χ2n) is 7.20. The van der Waals surface area contributed by atoms with Crippen LogP contribution in [0.15, 0.2) is 59.1 Å². The van der Waals surface area contributed by atoms with Crippen LogP contribution in [0.5, 0.6) is 5.75 Å². The minimum atomic E-state index is -1.17. The van der Waals surface area contributed by atoms with E-state index < -0.39 is 11.5 Å². The number of carbonyl (C=O) groups is 1. The van der Waals surface area contributed by atoms with Gasteiger partial charge in [-0.05, 0) is 19.1 Å². The highest BCUT2D eigenvalue weighted by Gasteiger charge is 2.42. The van der Waals surface area contributed by atoms with Gasteiger partial charge in [-0.15, -0.1) is 0 Å². The molecule has 2 aromatic carbocycles. The van der Waals surface area contributed by atoms with Crippen LogP contribution < -0.4 is 10.5 Å². The Morgan fingerprint density at radius 2 is 1.82 bits per heavy atom. The molecule has 1 amide bonds. The maximum absolute atomic E-state index is 12.4. The van der Waals surface area contributed by atoms with Gasteiger partial charge in [0.1, 0.15) is 5.75 Å². The number of ether oxygens (including phenoxy) is 1. The number of hydrogen-bond acceptors (Lipinski definition) is 5. The van der Waals surface area contributed by atoms with Gasteiger partial charge in [0.15, 0.2) is 5.60 Å². The number of hydrogen-bond donors (Lipinski definition) is 1. The van der Waals surface area contributed by atoms with Gasteiger partial charge >= 0.3 is 0 Å². The Morgan fingerprint density at radius 1 is 1.14 bits per heavy atom. The van der Waals surface area contributed by atoms with E-state index in [4.69, 9.17) is 15.0 Å². The second kappa shape index (κ2) is 8.25. The van der Waals surface area contributed by atoms with Crippen molar-refractivity contribution in [3.63, 3.8) is 0 Å². The number of aromatic nitrogens is 2. The molecule has 1 aromatic heterocycles. The van der Waals surface area contributed by atoms with Crippen molar-refractivity contribution >= 4 is 5.91 Å². The Hall–Kier alpha value is -3.15. The second-order valence-corrected chi connectivity index (χ2v) is 7.20. The normalized spacial score (nSPS) is 13.3. The molecule has 0 radical (unpaired) electrons. The molecule has 1 heterocycles. The molecule has 0 saturated heterocycles. The molecule has 3 rings (SSSR count). The molecular formula is C22H25N3O3. The van der Waals surface area contributed by atoms with Crippen molar-refractivity contribution in [1.29, 1.82) is 0 Å². The summed E-state index contributed by atoms with van der Waals surface area (Å²) >= 11 is 0. The monoisotopic (exact) mass is 379 g/mol. The highest BCUT2D eigenvalue weighted by atomic mass is 16.5. The summed E-state index contributed by atoms with van der Waals surface area (Å²) in [5.74, 6) is 0.921. The molecule has 6 heteroatoms. The molecule has 1 unspecified atom stereocenters. The molecule has 0 saturated carbocycles. The van der Waals surface area contributed by atoms with Crippen molar-refractivity contribution in [3.05, 3.63) is 66.1 Å². The summed E-state index contributed by atoms with van der Waals surface area (Å²) in [4.78, 5) is 16.8. The first-order valence-electron chi connectivity index (χ1n) is 9.34. The maximum atomic E-state index is 12.4. The van der Waals surface area contributed by atoms with Crippen LogP contribution >= 0.6 is 0 Å². The zero-order chi connectivity index (χ0) is 20.1. The van der Waals surface area contributed by atoms with Gasteiger partial charge in [-0.25, -0.2) is 0 Å². The van der Waals surface area contributed by atoms with Crippen molar-refractivity contribution in [2.45, 2.75) is 39.2 Å². The van der Waals surface area contributed by atoms with Gasteiger partial charge in [0.05, 0.1) is 0 Å². The van der Waals surface area contributed by atoms with Gasteiger partial charge in [-0.3, -0.25) is 4.79 Å². The molecule has 146 valence electrons. The predicted molar refractivity (Wildman–Crippen MR) is 107 cm³/mol. The molecular weight excluding hydrogens is 354 g/mol. The molecule has 0 aliphatic heterocycles. The van der Waals surface area contributed by atoms with E-state index in [0.717, 1.165) is 11.1 Å². The zero-order valence-electron chi connectivity index (χ0n) is 16.4. The number of rotatable bonds is 8. The first kappa shape index (κ1) is 19.6. The minimum absolute atomic E-state index is 0.136. The van der Waals surface area contributed by atoms with Crippen LogP contribution in [-0.4, -0.2) is 21.6 Å². The zero-order valence-corrected chi connectivity index (χ0v) is 16.4. The summed E-state index contributed by atoms with van der Waals surface area (Å²) < 4.78 is 11.5. The Kier molecular flexibility index (Phi) is 5.78. The smallest absolute Gasteiger partial charge is 0.261 e. The molecule has 6 nitrogen and oxygen atoms in total. The van der Waals surface area contributed by atoms with E-state index >= 15 is 0 Å². The van der Waals surface area contributed by atoms with E-state index in [9.17, 15) is 4.79 Å². The summed E-state index contributed by atoms with van der Waals surface area (Å²) in [5.41, 5.74) is 6.60. The van der Waals surface area contributed by atoms with E-state index in [1.54, 1.807) is 0 Å². The van der Waals surface area contributed by atoms with E-state index in [1.807, 2.05) is 75.4 Å². The van der Waals surface area contributed by atoms with Gasteiger partial charge in [0.2, 0.25) is 11.7 Å². The lowest BCUT2D eigenvalue weighted by Gasteiger charge is -2.35. The standard InChI is InChI=1S/C22H25N3O3/c1-15(2)22(21(23)26,27-18-11-9-16(3)10-12-18)14-13-19-24-20(25-28-19)17-7-5-4-6-8-17/h4-12,15H,13-14H2,1-3H3,(H2,23,26). The molecule has 0 bridgehead atoms. The number of nitrogens with two attached hydrogens (primary N) is 1. The number of amides is 1. The summed E-state index contributed by atoms with van der Waals surface area (Å²) in [6, 6.07) is 17.1. The van der Waals surface area contributed by atoms with Gasteiger partial charge in [-0.2, -0.15) is 4.98 Å². The quantitative estimate of drug-likeness (QED) is 0.640. The first-order chi connectivity index (χ1) is 13.4. The third-order valence-electron chi connectivity index (χ3n) is 4.88. The van der Waals surface area contributed by atoms with E-state index in [-0.39, 0.29) is 5.92 Å². The lowest BCUT2D eigenvalue weighted by Crippen LogP contribution is -2.53. The number of primary amides is 1. The first-order valence-corrected chi connectivity index (χ1v) is 9.34. The van der Waals surface area contributed by atoms with Crippen LogP contribution in [0.3, 0.4) is 0 Å². The molecule has 1 atom stereocenters. The summed E-state index contributed by atoms with van der Waals surface area (Å²) in [6.07, 6.45) is 0.719. The summed E-state index contributed by atoms with van der Waals surface area (Å²) in [5, 5.41) is 4.03. The lowest BCUT2D eigenvalue weighted by molar-refractivity contribution is -0.138. The SMILES string of the molecule is Cc1ccc(OC(CCc2nc(-c3ccccc3)no2)(C(N)=O)C(C)C)cc1. The molecule has 0 spiro atoms.